The first kappa shape index (κ1) is 15.1. The molecule has 20 heavy (non-hydrogen) atoms. The van der Waals surface area contributed by atoms with Crippen LogP contribution in [0.1, 0.15) is 5.56 Å². The van der Waals surface area contributed by atoms with Crippen molar-refractivity contribution in [1.82, 2.24) is 0 Å². The van der Waals surface area contributed by atoms with Crippen LogP contribution in [0.15, 0.2) is 47.4 Å². The van der Waals surface area contributed by atoms with E-state index >= 15 is 0 Å². The third-order valence-corrected chi connectivity index (χ3v) is 4.79. The summed E-state index contributed by atoms with van der Waals surface area (Å²) >= 11 is 2.10. The third-order valence-electron chi connectivity index (χ3n) is 2.64. The van der Waals surface area contributed by atoms with Gasteiger partial charge in [0.25, 0.3) is 0 Å². The number of benzene rings is 2. The van der Waals surface area contributed by atoms with Gasteiger partial charge in [-0.15, -0.1) is 0 Å². The van der Waals surface area contributed by atoms with E-state index in [0.29, 0.717) is 5.75 Å². The van der Waals surface area contributed by atoms with Gasteiger partial charge in [-0.1, -0.05) is 17.7 Å². The van der Waals surface area contributed by atoms with E-state index in [9.17, 15) is 8.42 Å². The number of aryl methyl sites for hydroxylation is 1. The largest absolute Gasteiger partial charge is 0.496 e. The van der Waals surface area contributed by atoms with E-state index in [0.717, 1.165) is 9.13 Å². The summed E-state index contributed by atoms with van der Waals surface area (Å²) in [5, 5.41) is 0. The lowest BCUT2D eigenvalue weighted by Crippen LogP contribution is -2.09. The molecule has 0 atom stereocenters. The number of ether oxygens (including phenoxy) is 1. The second-order valence-electron chi connectivity index (χ2n) is 4.15. The minimum Gasteiger partial charge on any atom is -0.496 e. The first-order valence-electron chi connectivity index (χ1n) is 5.77. The fourth-order valence-corrected chi connectivity index (χ4v) is 3.05. The highest BCUT2D eigenvalue weighted by Crippen LogP contribution is 2.27. The van der Waals surface area contributed by atoms with Crippen LogP contribution in [0.2, 0.25) is 0 Å². The molecular weight excluding hydrogens is 391 g/mol. The minimum atomic E-state index is -3.83. The first-order valence-corrected chi connectivity index (χ1v) is 8.26. The lowest BCUT2D eigenvalue weighted by atomic mass is 10.2. The van der Waals surface area contributed by atoms with Crippen molar-refractivity contribution in [1.29, 1.82) is 0 Å². The topological polar surface area (TPSA) is 52.6 Å². The Morgan fingerprint density at radius 2 is 1.70 bits per heavy atom. The molecule has 0 aliphatic heterocycles. The third kappa shape index (κ3) is 3.43. The molecule has 0 aromatic heterocycles. The number of rotatable bonds is 4. The average Bonchev–Trinajstić information content (AvgIpc) is 2.41. The lowest BCUT2D eigenvalue weighted by molar-refractivity contribution is 0.408. The van der Waals surface area contributed by atoms with Crippen LogP contribution in [0.3, 0.4) is 0 Å². The van der Waals surface area contributed by atoms with Crippen molar-refractivity contribution in [2.45, 2.75) is 11.8 Å². The Hall–Kier alpha value is -1.28. The zero-order valence-corrected chi connectivity index (χ0v) is 13.9. The van der Waals surface area contributed by atoms with Crippen molar-refractivity contribution in [3.63, 3.8) is 0 Å². The maximum atomic E-state index is 12.1. The average molecular weight is 404 g/mol. The van der Waals surface area contributed by atoms with Gasteiger partial charge in [-0.05, 0) is 53.8 Å². The molecule has 0 N–H and O–H groups in total. The van der Waals surface area contributed by atoms with Crippen LogP contribution < -0.4 is 8.92 Å². The number of methoxy groups -OCH3 is 1. The molecule has 4 nitrogen and oxygen atoms in total. The van der Waals surface area contributed by atoms with Crippen LogP contribution in [-0.4, -0.2) is 15.5 Å². The van der Waals surface area contributed by atoms with Gasteiger partial charge in [-0.3, -0.25) is 0 Å². The molecule has 0 saturated carbocycles. The predicted molar refractivity (Wildman–Crippen MR) is 84.7 cm³/mol. The van der Waals surface area contributed by atoms with E-state index < -0.39 is 10.1 Å². The van der Waals surface area contributed by atoms with Crippen LogP contribution in [0, 0.1) is 10.5 Å². The van der Waals surface area contributed by atoms with E-state index in [1.165, 1.54) is 19.2 Å². The molecule has 0 spiro atoms. The number of hydrogen-bond donors (Lipinski definition) is 0. The summed E-state index contributed by atoms with van der Waals surface area (Å²) in [5.41, 5.74) is 0.986. The summed E-state index contributed by atoms with van der Waals surface area (Å²) in [6.45, 7) is 1.89. The Balaban J connectivity index is 2.30. The van der Waals surface area contributed by atoms with E-state index in [2.05, 4.69) is 22.6 Å². The van der Waals surface area contributed by atoms with E-state index in [-0.39, 0.29) is 10.6 Å². The molecule has 0 unspecified atom stereocenters. The summed E-state index contributed by atoms with van der Waals surface area (Å²) < 4.78 is 35.4. The molecule has 0 saturated heterocycles. The molecule has 0 bridgehead atoms. The van der Waals surface area contributed by atoms with E-state index in [4.69, 9.17) is 8.92 Å². The van der Waals surface area contributed by atoms with Crippen LogP contribution in [0.25, 0.3) is 0 Å². The van der Waals surface area contributed by atoms with Gasteiger partial charge in [0, 0.05) is 6.07 Å². The Bertz CT molecular complexity index is 708. The second-order valence-corrected chi connectivity index (χ2v) is 6.86. The highest BCUT2D eigenvalue weighted by Gasteiger charge is 2.17. The molecule has 0 aliphatic rings. The standard InChI is InChI=1S/C14H13IO4S/c1-10-3-6-12(7-4-10)20(16,17)19-11-5-8-13(15)14(9-11)18-2/h3-9H,1-2H3. The number of halogens is 1. The Labute approximate surface area is 132 Å². The molecule has 0 aliphatic carbocycles. The molecule has 0 fully saturated rings. The molecule has 2 aromatic carbocycles. The normalized spacial score (nSPS) is 11.2. The van der Waals surface area contributed by atoms with Gasteiger partial charge in [-0.25, -0.2) is 0 Å². The van der Waals surface area contributed by atoms with Gasteiger partial charge in [-0.2, -0.15) is 8.42 Å². The van der Waals surface area contributed by atoms with Gasteiger partial charge in [0.2, 0.25) is 0 Å². The van der Waals surface area contributed by atoms with Gasteiger partial charge in [0.15, 0.2) is 0 Å². The van der Waals surface area contributed by atoms with Crippen molar-refractivity contribution in [3.8, 4) is 11.5 Å². The van der Waals surface area contributed by atoms with Crippen LogP contribution in [0.5, 0.6) is 11.5 Å². The molecule has 6 heteroatoms. The Kier molecular flexibility index (Phi) is 4.54. The zero-order chi connectivity index (χ0) is 14.8. The SMILES string of the molecule is COc1cc(OS(=O)(=O)c2ccc(C)cc2)ccc1I. The highest BCUT2D eigenvalue weighted by atomic mass is 127. The number of hydrogen-bond acceptors (Lipinski definition) is 4. The maximum absolute atomic E-state index is 12.1. The van der Waals surface area contributed by atoms with E-state index in [1.54, 1.807) is 30.3 Å². The van der Waals surface area contributed by atoms with Crippen molar-refractivity contribution < 1.29 is 17.3 Å². The molecule has 0 amide bonds. The highest BCUT2D eigenvalue weighted by molar-refractivity contribution is 14.1. The predicted octanol–water partition coefficient (Wildman–Crippen LogP) is 3.38. The van der Waals surface area contributed by atoms with Crippen molar-refractivity contribution in [3.05, 3.63) is 51.6 Å². The lowest BCUT2D eigenvalue weighted by Gasteiger charge is -2.09. The summed E-state index contributed by atoms with van der Waals surface area (Å²) in [4.78, 5) is 0.126. The van der Waals surface area contributed by atoms with Gasteiger partial charge in [0.05, 0.1) is 10.7 Å². The molecular formula is C14H13IO4S. The molecule has 2 rings (SSSR count). The first-order chi connectivity index (χ1) is 9.42. The summed E-state index contributed by atoms with van der Waals surface area (Å²) in [6.07, 6.45) is 0. The maximum Gasteiger partial charge on any atom is 0.339 e. The van der Waals surface area contributed by atoms with Gasteiger partial charge >= 0.3 is 10.1 Å². The van der Waals surface area contributed by atoms with Crippen molar-refractivity contribution >= 4 is 32.7 Å². The molecule has 0 heterocycles. The summed E-state index contributed by atoms with van der Waals surface area (Å²) in [5.74, 6) is 0.796. The van der Waals surface area contributed by atoms with Crippen molar-refractivity contribution in [2.75, 3.05) is 7.11 Å². The second kappa shape index (κ2) is 6.01. The Morgan fingerprint density at radius 1 is 1.05 bits per heavy atom. The van der Waals surface area contributed by atoms with Crippen LogP contribution >= 0.6 is 22.6 Å². The van der Waals surface area contributed by atoms with Crippen LogP contribution in [0.4, 0.5) is 0 Å². The smallest absolute Gasteiger partial charge is 0.339 e. The van der Waals surface area contributed by atoms with Crippen LogP contribution in [-0.2, 0) is 10.1 Å². The van der Waals surface area contributed by atoms with Gasteiger partial charge in [0.1, 0.15) is 16.4 Å². The van der Waals surface area contributed by atoms with Gasteiger partial charge < -0.3 is 8.92 Å². The monoisotopic (exact) mass is 404 g/mol. The molecule has 106 valence electrons. The Morgan fingerprint density at radius 3 is 2.30 bits per heavy atom. The fraction of sp³-hybridized carbons (Fsp3) is 0.143. The molecule has 2 aromatic rings. The fourth-order valence-electron chi connectivity index (χ4n) is 1.57. The minimum absolute atomic E-state index is 0.126. The van der Waals surface area contributed by atoms with E-state index in [1.807, 2.05) is 6.92 Å². The zero-order valence-electron chi connectivity index (χ0n) is 11.0. The molecule has 0 radical (unpaired) electrons. The van der Waals surface area contributed by atoms with Crippen molar-refractivity contribution in [2.24, 2.45) is 0 Å². The quantitative estimate of drug-likeness (QED) is 0.579. The summed E-state index contributed by atoms with van der Waals surface area (Å²) in [7, 11) is -2.30. The summed E-state index contributed by atoms with van der Waals surface area (Å²) in [6, 6.07) is 11.4.